The Morgan fingerprint density at radius 3 is 1.22 bits per heavy atom. The summed E-state index contributed by atoms with van der Waals surface area (Å²) >= 11 is 0. The van der Waals surface area contributed by atoms with Gasteiger partial charge >= 0.3 is 12.1 Å². The van der Waals surface area contributed by atoms with Crippen LogP contribution in [0.3, 0.4) is 0 Å². The molecular weight excluding hydrogens is 436 g/mol. The standard InChI is InChI=1S/C16H12N6O10/c23-11-7(12(24)18-15(27)17-11)2-5-1-6(10(22(31)32)4-9(5)21(29)30)3-8-13(25)19-16(28)20-14(8)26/h1-4,21-22,29,31H,(H2,17,18,23,24,27)(H2,19,20,25,26,28). The maximum absolute atomic E-state index is 11.9. The number of urea groups is 2. The first-order valence-corrected chi connectivity index (χ1v) is 8.39. The Labute approximate surface area is 175 Å². The van der Waals surface area contributed by atoms with Crippen molar-refractivity contribution in [2.45, 2.75) is 0 Å². The number of carbonyl (C=O) groups is 6. The van der Waals surface area contributed by atoms with Gasteiger partial charge in [-0.2, -0.15) is 10.5 Å². The van der Waals surface area contributed by atoms with Gasteiger partial charge in [0.1, 0.15) is 11.1 Å². The van der Waals surface area contributed by atoms with Crippen LogP contribution in [0.1, 0.15) is 11.1 Å². The van der Waals surface area contributed by atoms with Crippen LogP contribution in [0.25, 0.3) is 12.2 Å². The van der Waals surface area contributed by atoms with Crippen LogP contribution >= 0.6 is 0 Å². The minimum atomic E-state index is -1.62. The van der Waals surface area contributed by atoms with Crippen molar-refractivity contribution in [3.8, 4) is 0 Å². The average Bonchev–Trinajstić information content (AvgIpc) is 2.66. The minimum absolute atomic E-state index is 0.350. The summed E-state index contributed by atoms with van der Waals surface area (Å²) in [6, 6.07) is -0.588. The van der Waals surface area contributed by atoms with Crippen molar-refractivity contribution in [3.05, 3.63) is 44.8 Å². The molecule has 1 aromatic rings. The van der Waals surface area contributed by atoms with Gasteiger partial charge in [-0.15, -0.1) is 0 Å². The topological polar surface area (TPSA) is 246 Å². The molecule has 2 aliphatic heterocycles. The highest BCUT2D eigenvalue weighted by molar-refractivity contribution is 6.32. The van der Waals surface area contributed by atoms with E-state index in [1.54, 1.807) is 21.3 Å². The Kier molecular flexibility index (Phi) is 5.89. The van der Waals surface area contributed by atoms with Crippen LogP contribution in [0.4, 0.5) is 21.0 Å². The summed E-state index contributed by atoms with van der Waals surface area (Å²) in [4.78, 5) is 70.1. The number of imide groups is 4. The van der Waals surface area contributed by atoms with Gasteiger partial charge < -0.3 is 10.4 Å². The Balaban J connectivity index is 2.20. The Bertz CT molecular complexity index is 1020. The summed E-state index contributed by atoms with van der Waals surface area (Å²) in [6.45, 7) is 0. The predicted octanol–water partition coefficient (Wildman–Crippen LogP) is -4.01. The third-order valence-corrected chi connectivity index (χ3v) is 4.17. The normalized spacial score (nSPS) is 18.4. The lowest BCUT2D eigenvalue weighted by molar-refractivity contribution is -0.996. The third-order valence-electron chi connectivity index (χ3n) is 4.17. The van der Waals surface area contributed by atoms with Crippen LogP contribution in [0.2, 0.25) is 0 Å². The summed E-state index contributed by atoms with van der Waals surface area (Å²) < 4.78 is 0. The van der Waals surface area contributed by atoms with Gasteiger partial charge in [-0.3, -0.25) is 40.4 Å². The van der Waals surface area contributed by atoms with Crippen LogP contribution in [0, 0.1) is 10.4 Å². The van der Waals surface area contributed by atoms with Crippen molar-refractivity contribution in [1.29, 1.82) is 0 Å². The Morgan fingerprint density at radius 2 is 0.938 bits per heavy atom. The molecule has 1 aromatic carbocycles. The fraction of sp³-hybridized carbons (Fsp3) is 0. The summed E-state index contributed by atoms with van der Waals surface area (Å²) in [5, 5.41) is 46.1. The Morgan fingerprint density at radius 1 is 0.625 bits per heavy atom. The predicted molar refractivity (Wildman–Crippen MR) is 97.3 cm³/mol. The first kappa shape index (κ1) is 22.4. The van der Waals surface area contributed by atoms with E-state index in [0.717, 1.165) is 18.2 Å². The van der Waals surface area contributed by atoms with Gasteiger partial charge in [0.2, 0.25) is 0 Å². The molecule has 2 fully saturated rings. The molecule has 0 radical (unpaired) electrons. The molecule has 16 nitrogen and oxygen atoms in total. The molecule has 3 rings (SSSR count). The molecule has 32 heavy (non-hydrogen) atoms. The van der Waals surface area contributed by atoms with Crippen LogP contribution < -0.4 is 31.7 Å². The SMILES string of the molecule is O=C1NC(=O)C(=Cc2cc(C=C3C(=O)NC(=O)NC3=O)c([NH+]([O-])O)cc2[NH+]([O-])O)C(=O)N1. The van der Waals surface area contributed by atoms with E-state index in [9.17, 15) is 49.6 Å². The number of quaternary nitrogens is 2. The number of hydrogen-bond acceptors (Lipinski definition) is 10. The van der Waals surface area contributed by atoms with E-state index in [2.05, 4.69) is 0 Å². The van der Waals surface area contributed by atoms with Crippen LogP contribution in [0.5, 0.6) is 0 Å². The quantitative estimate of drug-likeness (QED) is 0.126. The molecule has 0 aliphatic carbocycles. The van der Waals surface area contributed by atoms with Crippen LogP contribution in [-0.2, 0) is 19.2 Å². The molecule has 2 heterocycles. The fourth-order valence-corrected chi connectivity index (χ4v) is 2.77. The molecule has 2 aliphatic rings. The summed E-state index contributed by atoms with van der Waals surface area (Å²) in [5.41, 5.74) is -3.29. The zero-order valence-corrected chi connectivity index (χ0v) is 15.5. The van der Waals surface area contributed by atoms with Crippen molar-refractivity contribution in [2.75, 3.05) is 0 Å². The summed E-state index contributed by atoms with van der Waals surface area (Å²) in [5.74, 6) is -4.55. The van der Waals surface area contributed by atoms with Gasteiger partial charge in [-0.1, -0.05) is 0 Å². The molecule has 166 valence electrons. The highest BCUT2D eigenvalue weighted by Crippen LogP contribution is 2.26. The lowest BCUT2D eigenvalue weighted by Gasteiger charge is -2.21. The van der Waals surface area contributed by atoms with Gasteiger partial charge in [-0.25, -0.2) is 20.0 Å². The van der Waals surface area contributed by atoms with E-state index in [1.807, 2.05) is 0 Å². The van der Waals surface area contributed by atoms with Gasteiger partial charge in [0.05, 0.1) is 6.07 Å². The second kappa shape index (κ2) is 8.43. The van der Waals surface area contributed by atoms with Gasteiger partial charge in [0.15, 0.2) is 11.4 Å². The molecule has 0 saturated carbocycles. The maximum atomic E-state index is 11.9. The number of nitrogens with one attached hydrogen (secondary N) is 6. The number of benzene rings is 1. The van der Waals surface area contributed by atoms with E-state index >= 15 is 0 Å². The zero-order chi connectivity index (χ0) is 23.7. The van der Waals surface area contributed by atoms with E-state index in [1.165, 1.54) is 0 Å². The maximum Gasteiger partial charge on any atom is 0.328 e. The molecule has 8 N–H and O–H groups in total. The van der Waals surface area contributed by atoms with E-state index in [4.69, 9.17) is 0 Å². The molecule has 2 unspecified atom stereocenters. The van der Waals surface area contributed by atoms with Crippen molar-refractivity contribution < 1.29 is 49.6 Å². The number of amides is 8. The highest BCUT2D eigenvalue weighted by Gasteiger charge is 2.31. The largest absolute Gasteiger partial charge is 0.595 e. The summed E-state index contributed by atoms with van der Waals surface area (Å²) in [6.07, 6.45) is 1.58. The van der Waals surface area contributed by atoms with Crippen molar-refractivity contribution in [2.24, 2.45) is 0 Å². The van der Waals surface area contributed by atoms with Crippen LogP contribution in [0.15, 0.2) is 23.3 Å². The average molecular weight is 448 g/mol. The van der Waals surface area contributed by atoms with Crippen molar-refractivity contribution in [3.63, 3.8) is 0 Å². The molecule has 2 atom stereocenters. The van der Waals surface area contributed by atoms with Crippen LogP contribution in [-0.4, -0.2) is 46.1 Å². The van der Waals surface area contributed by atoms with Gasteiger partial charge in [0.25, 0.3) is 23.6 Å². The lowest BCUT2D eigenvalue weighted by Crippen LogP contribution is -3.01. The second-order valence-corrected chi connectivity index (χ2v) is 6.23. The summed E-state index contributed by atoms with van der Waals surface area (Å²) in [7, 11) is 0. The molecule has 0 bridgehead atoms. The van der Waals surface area contributed by atoms with E-state index < -0.39 is 68.7 Å². The number of barbiturate groups is 2. The minimum Gasteiger partial charge on any atom is -0.595 e. The van der Waals surface area contributed by atoms with E-state index in [0.29, 0.717) is 6.07 Å². The van der Waals surface area contributed by atoms with Gasteiger partial charge in [-0.05, 0) is 18.2 Å². The molecule has 16 heteroatoms. The molecule has 0 aromatic heterocycles. The lowest BCUT2D eigenvalue weighted by atomic mass is 10.00. The molecule has 8 amide bonds. The second-order valence-electron chi connectivity index (χ2n) is 6.23. The first-order valence-electron chi connectivity index (χ1n) is 8.39. The smallest absolute Gasteiger partial charge is 0.328 e. The van der Waals surface area contributed by atoms with E-state index in [-0.39, 0.29) is 11.1 Å². The third kappa shape index (κ3) is 4.39. The van der Waals surface area contributed by atoms with Crippen molar-refractivity contribution >= 4 is 59.2 Å². The molecule has 0 spiro atoms. The highest BCUT2D eigenvalue weighted by atomic mass is 16.8. The number of rotatable bonds is 4. The first-order chi connectivity index (χ1) is 15.0. The zero-order valence-electron chi connectivity index (χ0n) is 15.5. The Hall–Kier alpha value is -4.32. The van der Waals surface area contributed by atoms with Gasteiger partial charge in [0, 0.05) is 11.1 Å². The molecule has 2 saturated heterocycles. The molecular formula is C16H12N6O10. The fourth-order valence-electron chi connectivity index (χ4n) is 2.77. The number of hydrogen-bond donors (Lipinski definition) is 8. The number of carbonyl (C=O) groups excluding carboxylic acids is 6. The monoisotopic (exact) mass is 448 g/mol. The van der Waals surface area contributed by atoms with Crippen molar-refractivity contribution in [1.82, 2.24) is 21.3 Å².